The number of hydrogen-bond donors (Lipinski definition) is 1. The van der Waals surface area contributed by atoms with Gasteiger partial charge in [0, 0.05) is 17.0 Å². The summed E-state index contributed by atoms with van der Waals surface area (Å²) in [5.41, 5.74) is 2.19. The van der Waals surface area contributed by atoms with Crippen LogP contribution in [0, 0.1) is 0 Å². The van der Waals surface area contributed by atoms with Crippen LogP contribution in [0.5, 0.6) is 5.75 Å². The van der Waals surface area contributed by atoms with Gasteiger partial charge in [0.2, 0.25) is 5.78 Å². The molecule has 0 saturated heterocycles. The number of hydrogen-bond acceptors (Lipinski definition) is 7. The molecule has 0 saturated carbocycles. The fourth-order valence-corrected chi connectivity index (χ4v) is 4.73. The summed E-state index contributed by atoms with van der Waals surface area (Å²) in [5, 5.41) is 13.7. The van der Waals surface area contributed by atoms with E-state index in [4.69, 9.17) is 9.15 Å². The molecule has 166 valence electrons. The van der Waals surface area contributed by atoms with Crippen molar-refractivity contribution in [2.45, 2.75) is 19.4 Å². The third kappa shape index (κ3) is 3.39. The summed E-state index contributed by atoms with van der Waals surface area (Å²) in [4.78, 5) is 32.4. The van der Waals surface area contributed by atoms with Crippen LogP contribution in [0.25, 0.3) is 11.0 Å². The zero-order valence-corrected chi connectivity index (χ0v) is 18.8. The number of ketones is 1. The number of methoxy groups -OCH3 is 1. The number of benzene rings is 2. The first-order valence-corrected chi connectivity index (χ1v) is 11.3. The van der Waals surface area contributed by atoms with Crippen molar-refractivity contribution in [1.82, 2.24) is 4.98 Å². The van der Waals surface area contributed by atoms with E-state index in [1.807, 2.05) is 31.2 Å². The van der Waals surface area contributed by atoms with Crippen LogP contribution in [0.3, 0.4) is 0 Å². The molecule has 1 atom stereocenters. The molecular weight excluding hydrogens is 440 g/mol. The minimum Gasteiger partial charge on any atom is -0.503 e. The highest BCUT2D eigenvalue weighted by atomic mass is 32.1. The summed E-state index contributed by atoms with van der Waals surface area (Å²) in [5.74, 6) is -1.34. The van der Waals surface area contributed by atoms with Crippen molar-refractivity contribution in [2.75, 3.05) is 12.0 Å². The molecule has 1 unspecified atom stereocenters. The Morgan fingerprint density at radius 3 is 2.70 bits per heavy atom. The Hall–Kier alpha value is -3.91. The lowest BCUT2D eigenvalue weighted by atomic mass is 9.94. The number of Topliss-reactive ketones (excluding diaryl/α,β-unsaturated/α-hetero) is 1. The van der Waals surface area contributed by atoms with Crippen LogP contribution < -0.4 is 9.64 Å². The summed E-state index contributed by atoms with van der Waals surface area (Å²) < 4.78 is 11.2. The number of thiazole rings is 1. The topological polar surface area (TPSA) is 92.9 Å². The fourth-order valence-electron chi connectivity index (χ4n) is 4.06. The number of para-hydroxylation sites is 1. The van der Waals surface area contributed by atoms with Crippen molar-refractivity contribution in [1.29, 1.82) is 0 Å². The van der Waals surface area contributed by atoms with Gasteiger partial charge < -0.3 is 14.3 Å². The second-order valence-electron chi connectivity index (χ2n) is 7.57. The van der Waals surface area contributed by atoms with E-state index in [-0.39, 0.29) is 11.3 Å². The van der Waals surface area contributed by atoms with Gasteiger partial charge in [-0.25, -0.2) is 4.98 Å². The molecule has 1 aliphatic rings. The molecule has 5 rings (SSSR count). The lowest BCUT2D eigenvalue weighted by Crippen LogP contribution is -2.30. The number of rotatable bonds is 6. The second-order valence-corrected chi connectivity index (χ2v) is 8.44. The maximum absolute atomic E-state index is 13.6. The monoisotopic (exact) mass is 460 g/mol. The molecule has 2 aromatic carbocycles. The molecule has 0 radical (unpaired) electrons. The molecule has 1 amide bonds. The quantitative estimate of drug-likeness (QED) is 0.396. The van der Waals surface area contributed by atoms with Gasteiger partial charge in [-0.1, -0.05) is 43.3 Å². The van der Waals surface area contributed by atoms with Gasteiger partial charge in [-0.05, 0) is 29.7 Å². The number of nitrogens with zero attached hydrogens (tertiary/aromatic N) is 2. The van der Waals surface area contributed by atoms with Crippen molar-refractivity contribution in [3.8, 4) is 5.75 Å². The van der Waals surface area contributed by atoms with E-state index in [2.05, 4.69) is 4.98 Å². The summed E-state index contributed by atoms with van der Waals surface area (Å²) in [6.07, 6.45) is 2.43. The van der Waals surface area contributed by atoms with E-state index < -0.39 is 23.5 Å². The van der Waals surface area contributed by atoms with Crippen LogP contribution >= 0.6 is 11.3 Å². The Morgan fingerprint density at radius 2 is 2.03 bits per heavy atom. The molecule has 1 N–H and O–H groups in total. The van der Waals surface area contributed by atoms with Crippen LogP contribution in [0.15, 0.2) is 75.9 Å². The van der Waals surface area contributed by atoms with E-state index in [1.165, 1.54) is 23.3 Å². The Morgan fingerprint density at radius 1 is 1.24 bits per heavy atom. The molecule has 0 aliphatic carbocycles. The van der Waals surface area contributed by atoms with E-state index in [9.17, 15) is 14.7 Å². The summed E-state index contributed by atoms with van der Waals surface area (Å²) in [6, 6.07) is 13.7. The lowest BCUT2D eigenvalue weighted by Gasteiger charge is -2.24. The van der Waals surface area contributed by atoms with E-state index >= 15 is 0 Å². The number of aliphatic hydroxyl groups excluding tert-OH is 1. The van der Waals surface area contributed by atoms with Gasteiger partial charge in [0.1, 0.15) is 0 Å². The van der Waals surface area contributed by atoms with Gasteiger partial charge in [-0.15, -0.1) is 11.3 Å². The minimum atomic E-state index is -0.836. The molecule has 3 heterocycles. The zero-order chi connectivity index (χ0) is 23.1. The smallest absolute Gasteiger partial charge is 0.296 e. The van der Waals surface area contributed by atoms with Crippen LogP contribution in [0.1, 0.15) is 34.6 Å². The number of carbonyl (C=O) groups excluding carboxylic acids is 2. The summed E-state index contributed by atoms with van der Waals surface area (Å²) in [6.45, 7) is 2.05. The highest BCUT2D eigenvalue weighted by Crippen LogP contribution is 2.43. The van der Waals surface area contributed by atoms with Gasteiger partial charge in [0.05, 0.1) is 18.7 Å². The maximum Gasteiger partial charge on any atom is 0.296 e. The highest BCUT2D eigenvalue weighted by Gasteiger charge is 2.46. The molecule has 4 aromatic rings. The number of ether oxygens (including phenoxy) is 1. The number of fused-ring (bicyclic) bond motifs is 1. The highest BCUT2D eigenvalue weighted by molar-refractivity contribution is 7.13. The van der Waals surface area contributed by atoms with Crippen molar-refractivity contribution in [3.63, 3.8) is 0 Å². The van der Waals surface area contributed by atoms with Crippen molar-refractivity contribution in [2.24, 2.45) is 0 Å². The molecule has 8 heteroatoms. The fraction of sp³-hybridized carbons (Fsp3) is 0.160. The first-order valence-electron chi connectivity index (χ1n) is 10.4. The first-order chi connectivity index (χ1) is 16.0. The number of aryl methyl sites for hydroxylation is 1. The largest absolute Gasteiger partial charge is 0.503 e. The van der Waals surface area contributed by atoms with Gasteiger partial charge in [0.15, 0.2) is 28.0 Å². The molecule has 2 aromatic heterocycles. The Kier molecular flexibility index (Phi) is 5.22. The minimum absolute atomic E-state index is 0.0139. The van der Waals surface area contributed by atoms with Gasteiger partial charge >= 0.3 is 0 Å². The molecule has 1 aliphatic heterocycles. The number of anilines is 1. The van der Waals surface area contributed by atoms with Crippen molar-refractivity contribution >= 4 is 39.1 Å². The van der Waals surface area contributed by atoms with Crippen molar-refractivity contribution in [3.05, 3.63) is 88.3 Å². The number of amides is 1. The standard InChI is InChI=1S/C25H20N2O5S/c1-3-14-7-9-15(10-8-14)20-19(22(29)24(30)27(20)25-26-11-12-33-25)21(28)18-13-16-5-4-6-17(31-2)23(16)32-18/h4-13,20,29H,3H2,1-2H3. The average Bonchev–Trinajstić information content (AvgIpc) is 3.57. The van der Waals surface area contributed by atoms with E-state index in [0.717, 1.165) is 12.0 Å². The zero-order valence-electron chi connectivity index (χ0n) is 17.9. The number of carbonyl (C=O) groups is 2. The molecule has 33 heavy (non-hydrogen) atoms. The molecule has 0 spiro atoms. The molecule has 0 fully saturated rings. The van der Waals surface area contributed by atoms with E-state index in [1.54, 1.807) is 35.8 Å². The van der Waals surface area contributed by atoms with E-state index in [0.29, 0.717) is 27.4 Å². The predicted molar refractivity (Wildman–Crippen MR) is 125 cm³/mol. The van der Waals surface area contributed by atoms with Crippen LogP contribution in [-0.2, 0) is 11.2 Å². The summed E-state index contributed by atoms with van der Waals surface area (Å²) in [7, 11) is 1.52. The normalized spacial score (nSPS) is 16.1. The van der Waals surface area contributed by atoms with Crippen molar-refractivity contribution < 1.29 is 23.8 Å². The predicted octanol–water partition coefficient (Wildman–Crippen LogP) is 5.24. The Balaban J connectivity index is 1.64. The maximum atomic E-state index is 13.6. The Labute approximate surface area is 193 Å². The van der Waals surface area contributed by atoms with Crippen LogP contribution in [0.2, 0.25) is 0 Å². The SMILES string of the molecule is CCc1ccc(C2C(C(=O)c3cc4cccc(OC)c4o3)=C(O)C(=O)N2c2nccs2)cc1. The number of aliphatic hydroxyl groups is 1. The molecular formula is C25H20N2O5S. The first kappa shape index (κ1) is 21.0. The summed E-state index contributed by atoms with van der Waals surface area (Å²) >= 11 is 1.26. The van der Waals surface area contributed by atoms with Gasteiger partial charge in [-0.3, -0.25) is 14.5 Å². The van der Waals surface area contributed by atoms with Gasteiger partial charge in [-0.2, -0.15) is 0 Å². The number of aromatic nitrogens is 1. The van der Waals surface area contributed by atoms with Gasteiger partial charge in [0.25, 0.3) is 5.91 Å². The molecule has 0 bridgehead atoms. The number of furan rings is 1. The van der Waals surface area contributed by atoms with Crippen LogP contribution in [-0.4, -0.2) is 28.9 Å². The van der Waals surface area contributed by atoms with Crippen LogP contribution in [0.4, 0.5) is 5.13 Å². The Bertz CT molecular complexity index is 1390. The third-order valence-electron chi connectivity index (χ3n) is 5.73. The lowest BCUT2D eigenvalue weighted by molar-refractivity contribution is -0.117. The second kappa shape index (κ2) is 8.22. The molecule has 7 nitrogen and oxygen atoms in total. The third-order valence-corrected chi connectivity index (χ3v) is 6.50. The average molecular weight is 461 g/mol.